The van der Waals surface area contributed by atoms with Crippen LogP contribution in [0.15, 0.2) is 65.6 Å². The van der Waals surface area contributed by atoms with E-state index >= 15 is 4.39 Å². The molecule has 0 aliphatic rings. The summed E-state index contributed by atoms with van der Waals surface area (Å²) in [5, 5.41) is 32.5. The quantitative estimate of drug-likeness (QED) is 0.187. The smallest absolute Gasteiger partial charge is 0.324 e. The van der Waals surface area contributed by atoms with E-state index < -0.39 is 22.9 Å². The van der Waals surface area contributed by atoms with E-state index in [1.807, 2.05) is 13.8 Å². The van der Waals surface area contributed by atoms with Crippen LogP contribution in [0.25, 0.3) is 27.8 Å². The molecule has 13 heteroatoms. The molecule has 2 amide bonds. The molecule has 0 atom stereocenters. The van der Waals surface area contributed by atoms with Crippen LogP contribution in [0.5, 0.6) is 0 Å². The largest absolute Gasteiger partial charge is 0.394 e. The first kappa shape index (κ1) is 30.8. The molecule has 3 aromatic heterocycles. The van der Waals surface area contributed by atoms with Crippen LogP contribution in [-0.2, 0) is 5.54 Å². The zero-order valence-electron chi connectivity index (χ0n) is 25.4. The van der Waals surface area contributed by atoms with Crippen LogP contribution in [-0.4, -0.2) is 49.1 Å². The lowest BCUT2D eigenvalue weighted by Gasteiger charge is -2.27. The summed E-state index contributed by atoms with van der Waals surface area (Å²) in [4.78, 5) is 35.8. The van der Waals surface area contributed by atoms with Gasteiger partial charge in [0.25, 0.3) is 5.56 Å². The van der Waals surface area contributed by atoms with Crippen molar-refractivity contribution in [2.24, 2.45) is 0 Å². The van der Waals surface area contributed by atoms with Crippen molar-refractivity contribution in [3.05, 3.63) is 88.2 Å². The van der Waals surface area contributed by atoms with Crippen molar-refractivity contribution in [3.8, 4) is 22.9 Å². The molecular weight excluding hydrogens is 577 g/mol. The molecule has 45 heavy (non-hydrogen) atoms. The standard InChI is InChI=1S/C32H32FN9O3/c1-18(2)25-14-27(42(40-25)22-9-6-19(15-34)7-10-22)38-31(45)37-26-13-20(8-11-24(26)33)23-12-21-16-36-30(35-5)39-28(21)41(29(23)44)32(3,4)17-43/h6-14,16,18,43H,17H2,1-5H3,(H,35,36,39)(H2,37,38,45). The second-order valence-corrected chi connectivity index (χ2v) is 11.3. The van der Waals surface area contributed by atoms with Gasteiger partial charge in [0.15, 0.2) is 0 Å². The monoisotopic (exact) mass is 609 g/mol. The molecule has 0 bridgehead atoms. The Morgan fingerprint density at radius 1 is 1.11 bits per heavy atom. The molecule has 0 saturated carbocycles. The molecule has 0 fully saturated rings. The van der Waals surface area contributed by atoms with Gasteiger partial charge in [-0.3, -0.25) is 14.7 Å². The maximum atomic E-state index is 15.0. The number of fused-ring (bicyclic) bond motifs is 1. The lowest BCUT2D eigenvalue weighted by Crippen LogP contribution is -2.40. The summed E-state index contributed by atoms with van der Waals surface area (Å²) in [5.41, 5.74) is 1.02. The summed E-state index contributed by atoms with van der Waals surface area (Å²) in [6.07, 6.45) is 1.56. The number of aliphatic hydroxyl groups excluding tert-OH is 1. The number of pyridine rings is 1. The summed E-state index contributed by atoms with van der Waals surface area (Å²) in [5.74, 6) is -0.0184. The molecule has 0 spiro atoms. The summed E-state index contributed by atoms with van der Waals surface area (Å²) in [6.45, 7) is 6.98. The van der Waals surface area contributed by atoms with Gasteiger partial charge >= 0.3 is 6.03 Å². The van der Waals surface area contributed by atoms with Crippen LogP contribution in [0, 0.1) is 17.1 Å². The Kier molecular flexibility index (Phi) is 8.34. The lowest BCUT2D eigenvalue weighted by atomic mass is 10.0. The van der Waals surface area contributed by atoms with Gasteiger partial charge in [0.2, 0.25) is 5.95 Å². The molecule has 0 radical (unpaired) electrons. The molecule has 230 valence electrons. The van der Waals surface area contributed by atoms with Gasteiger partial charge < -0.3 is 15.7 Å². The predicted octanol–water partition coefficient (Wildman–Crippen LogP) is 5.19. The number of nitriles is 1. The number of aliphatic hydroxyl groups is 1. The third-order valence-corrected chi connectivity index (χ3v) is 7.28. The second-order valence-electron chi connectivity index (χ2n) is 11.3. The SMILES string of the molecule is CNc1ncc2cc(-c3ccc(F)c(NC(=O)Nc4cc(C(C)C)nn4-c4ccc(C#N)cc4)c3)c(=O)n(C(C)(C)CO)c2n1. The number of carbonyl (C=O) groups excluding carboxylic acids is 1. The molecule has 0 aliphatic carbocycles. The minimum Gasteiger partial charge on any atom is -0.394 e. The summed E-state index contributed by atoms with van der Waals surface area (Å²) in [7, 11) is 1.66. The number of nitrogens with one attached hydrogen (secondary N) is 3. The van der Waals surface area contributed by atoms with E-state index in [1.165, 1.54) is 21.4 Å². The fourth-order valence-electron chi connectivity index (χ4n) is 4.76. The number of aromatic nitrogens is 5. The van der Waals surface area contributed by atoms with Gasteiger partial charge in [0.1, 0.15) is 17.3 Å². The molecule has 12 nitrogen and oxygen atoms in total. The van der Waals surface area contributed by atoms with E-state index in [2.05, 4.69) is 37.1 Å². The van der Waals surface area contributed by atoms with Gasteiger partial charge in [-0.05, 0) is 67.8 Å². The Morgan fingerprint density at radius 3 is 2.49 bits per heavy atom. The number of nitrogens with zero attached hydrogens (tertiary/aromatic N) is 6. The maximum Gasteiger partial charge on any atom is 0.324 e. The number of amides is 2. The normalized spacial score (nSPS) is 11.4. The van der Waals surface area contributed by atoms with Crippen molar-refractivity contribution < 1.29 is 14.3 Å². The van der Waals surface area contributed by atoms with Crippen LogP contribution in [0.2, 0.25) is 0 Å². The Morgan fingerprint density at radius 2 is 1.84 bits per heavy atom. The van der Waals surface area contributed by atoms with Gasteiger partial charge in [0, 0.05) is 30.3 Å². The Labute approximate surface area is 258 Å². The molecule has 3 heterocycles. The van der Waals surface area contributed by atoms with E-state index in [4.69, 9.17) is 5.26 Å². The summed E-state index contributed by atoms with van der Waals surface area (Å²) in [6, 6.07) is 15.3. The highest BCUT2D eigenvalue weighted by Crippen LogP contribution is 2.28. The second kappa shape index (κ2) is 12.2. The number of anilines is 3. The fourth-order valence-corrected chi connectivity index (χ4v) is 4.76. The number of hydrogen-bond donors (Lipinski definition) is 4. The average Bonchev–Trinajstić information content (AvgIpc) is 3.45. The van der Waals surface area contributed by atoms with Crippen molar-refractivity contribution in [2.45, 2.75) is 39.2 Å². The number of halogens is 1. The minimum atomic E-state index is -1.03. The van der Waals surface area contributed by atoms with Crippen LogP contribution in [0.3, 0.4) is 0 Å². The minimum absolute atomic E-state index is 0.0550. The molecule has 4 N–H and O–H groups in total. The number of rotatable bonds is 8. The maximum absolute atomic E-state index is 15.0. The first-order chi connectivity index (χ1) is 21.4. The van der Waals surface area contributed by atoms with Gasteiger partial charge in [-0.1, -0.05) is 19.9 Å². The highest BCUT2D eigenvalue weighted by Gasteiger charge is 2.26. The van der Waals surface area contributed by atoms with Gasteiger partial charge in [0.05, 0.1) is 40.8 Å². The van der Waals surface area contributed by atoms with Gasteiger partial charge in [-0.25, -0.2) is 18.9 Å². The molecule has 0 aliphatic heterocycles. The van der Waals surface area contributed by atoms with E-state index in [0.717, 1.165) is 6.07 Å². The number of benzene rings is 2. The molecule has 5 rings (SSSR count). The van der Waals surface area contributed by atoms with E-state index in [9.17, 15) is 14.7 Å². The number of urea groups is 1. The average molecular weight is 610 g/mol. The van der Waals surface area contributed by atoms with Crippen molar-refractivity contribution in [1.29, 1.82) is 5.26 Å². The fraction of sp³-hybridized carbons (Fsp3) is 0.250. The van der Waals surface area contributed by atoms with E-state index in [1.54, 1.807) is 63.5 Å². The zero-order chi connectivity index (χ0) is 32.5. The predicted molar refractivity (Wildman–Crippen MR) is 170 cm³/mol. The third-order valence-electron chi connectivity index (χ3n) is 7.28. The third kappa shape index (κ3) is 6.09. The molecule has 0 unspecified atom stereocenters. The Hall–Kier alpha value is -5.61. The van der Waals surface area contributed by atoms with Crippen molar-refractivity contribution in [1.82, 2.24) is 24.3 Å². The molecule has 2 aromatic carbocycles. The van der Waals surface area contributed by atoms with Gasteiger partial charge in [-0.2, -0.15) is 15.3 Å². The van der Waals surface area contributed by atoms with E-state index in [0.29, 0.717) is 45.3 Å². The van der Waals surface area contributed by atoms with Crippen molar-refractivity contribution in [3.63, 3.8) is 0 Å². The molecular formula is C32H32FN9O3. The van der Waals surface area contributed by atoms with Crippen LogP contribution < -0.4 is 21.5 Å². The van der Waals surface area contributed by atoms with Crippen LogP contribution >= 0.6 is 0 Å². The van der Waals surface area contributed by atoms with Gasteiger partial charge in [-0.15, -0.1) is 0 Å². The Bertz CT molecular complexity index is 2010. The van der Waals surface area contributed by atoms with Crippen molar-refractivity contribution >= 4 is 34.5 Å². The van der Waals surface area contributed by atoms with Crippen LogP contribution in [0.4, 0.5) is 26.6 Å². The lowest BCUT2D eigenvalue weighted by molar-refractivity contribution is 0.164. The summed E-state index contributed by atoms with van der Waals surface area (Å²) < 4.78 is 18.0. The van der Waals surface area contributed by atoms with Crippen molar-refractivity contribution in [2.75, 3.05) is 29.6 Å². The zero-order valence-corrected chi connectivity index (χ0v) is 25.4. The van der Waals surface area contributed by atoms with Crippen LogP contribution in [0.1, 0.15) is 44.9 Å². The highest BCUT2D eigenvalue weighted by molar-refractivity contribution is 6.00. The molecule has 0 saturated heterocycles. The molecule has 5 aromatic rings. The number of carbonyl (C=O) groups is 1. The first-order valence-corrected chi connectivity index (χ1v) is 14.2. The Balaban J connectivity index is 1.51. The topological polar surface area (TPSA) is 163 Å². The summed E-state index contributed by atoms with van der Waals surface area (Å²) >= 11 is 0. The highest BCUT2D eigenvalue weighted by atomic mass is 19.1. The number of hydrogen-bond acceptors (Lipinski definition) is 8. The van der Waals surface area contributed by atoms with E-state index in [-0.39, 0.29) is 23.8 Å². The first-order valence-electron chi connectivity index (χ1n) is 14.2.